The molecule has 0 unspecified atom stereocenters. The molecule has 0 saturated carbocycles. The van der Waals surface area contributed by atoms with Crippen molar-refractivity contribution in [1.82, 2.24) is 9.13 Å². The lowest BCUT2D eigenvalue weighted by Crippen LogP contribution is -2.41. The molecular weight excluding hydrogens is 304 g/mol. The van der Waals surface area contributed by atoms with Gasteiger partial charge in [0.1, 0.15) is 5.75 Å². The Morgan fingerprint density at radius 1 is 1.04 bits per heavy atom. The molecule has 0 saturated heterocycles. The van der Waals surface area contributed by atoms with Crippen molar-refractivity contribution in [3.8, 4) is 5.75 Å². The van der Waals surface area contributed by atoms with Crippen LogP contribution in [-0.2, 0) is 6.54 Å². The third-order valence-electron chi connectivity index (χ3n) is 4.07. The van der Waals surface area contributed by atoms with Crippen molar-refractivity contribution in [2.45, 2.75) is 26.4 Å². The summed E-state index contributed by atoms with van der Waals surface area (Å²) >= 11 is 0. The van der Waals surface area contributed by atoms with Gasteiger partial charge < -0.3 is 4.74 Å². The molecule has 0 N–H and O–H groups in total. The number of ether oxygens (including phenoxy) is 1. The standard InChI is InChI=1S/C19H20N2O3/c1-13(2)21-18(22)16-9-4-5-10-17(16)20(19(21)23)12-14-7-6-8-15(11-14)24-3/h4-11,13H,12H2,1-3H3. The summed E-state index contributed by atoms with van der Waals surface area (Å²) in [6.45, 7) is 4.06. The molecule has 0 aliphatic heterocycles. The molecule has 3 rings (SSSR count). The Morgan fingerprint density at radius 3 is 2.50 bits per heavy atom. The molecule has 0 aliphatic rings. The molecule has 0 aliphatic carbocycles. The van der Waals surface area contributed by atoms with E-state index in [1.165, 1.54) is 4.57 Å². The van der Waals surface area contributed by atoms with Crippen molar-refractivity contribution in [1.29, 1.82) is 0 Å². The molecule has 0 fully saturated rings. The molecule has 3 aromatic rings. The quantitative estimate of drug-likeness (QED) is 0.741. The average Bonchev–Trinajstić information content (AvgIpc) is 2.58. The lowest BCUT2D eigenvalue weighted by Gasteiger charge is -2.16. The van der Waals surface area contributed by atoms with E-state index < -0.39 is 0 Å². The van der Waals surface area contributed by atoms with Gasteiger partial charge in [-0.1, -0.05) is 24.3 Å². The maximum absolute atomic E-state index is 12.9. The number of methoxy groups -OCH3 is 1. The summed E-state index contributed by atoms with van der Waals surface area (Å²) in [4.78, 5) is 25.5. The van der Waals surface area contributed by atoms with Gasteiger partial charge in [0.25, 0.3) is 5.56 Å². The number of benzene rings is 2. The zero-order chi connectivity index (χ0) is 17.3. The lowest BCUT2D eigenvalue weighted by atomic mass is 10.2. The molecule has 5 heteroatoms. The van der Waals surface area contributed by atoms with Gasteiger partial charge in [-0.3, -0.25) is 13.9 Å². The fourth-order valence-corrected chi connectivity index (χ4v) is 2.90. The highest BCUT2D eigenvalue weighted by molar-refractivity contribution is 5.77. The smallest absolute Gasteiger partial charge is 0.332 e. The van der Waals surface area contributed by atoms with Crippen LogP contribution in [0.5, 0.6) is 5.75 Å². The summed E-state index contributed by atoms with van der Waals surface area (Å²) in [7, 11) is 1.61. The van der Waals surface area contributed by atoms with Gasteiger partial charge in [0, 0.05) is 6.04 Å². The van der Waals surface area contributed by atoms with Crippen molar-refractivity contribution < 1.29 is 4.74 Å². The van der Waals surface area contributed by atoms with E-state index >= 15 is 0 Å². The third-order valence-corrected chi connectivity index (χ3v) is 4.07. The maximum atomic E-state index is 12.9. The molecule has 124 valence electrons. The molecule has 5 nitrogen and oxygen atoms in total. The van der Waals surface area contributed by atoms with Crippen molar-refractivity contribution in [3.05, 3.63) is 74.9 Å². The lowest BCUT2D eigenvalue weighted by molar-refractivity contribution is 0.414. The first kappa shape index (κ1) is 16.1. The van der Waals surface area contributed by atoms with E-state index in [0.717, 1.165) is 11.3 Å². The summed E-state index contributed by atoms with van der Waals surface area (Å²) in [5.74, 6) is 0.738. The highest BCUT2D eigenvalue weighted by Crippen LogP contribution is 2.15. The van der Waals surface area contributed by atoms with E-state index in [4.69, 9.17) is 4.74 Å². The topological polar surface area (TPSA) is 53.2 Å². The fraction of sp³-hybridized carbons (Fsp3) is 0.263. The molecule has 0 radical (unpaired) electrons. The summed E-state index contributed by atoms with van der Waals surface area (Å²) in [5, 5.41) is 0.550. The number of aromatic nitrogens is 2. The third kappa shape index (κ3) is 2.73. The second kappa shape index (κ2) is 6.35. The predicted octanol–water partition coefficient (Wildman–Crippen LogP) is 2.80. The van der Waals surface area contributed by atoms with Crippen LogP contribution in [0.3, 0.4) is 0 Å². The first-order chi connectivity index (χ1) is 11.5. The van der Waals surface area contributed by atoms with E-state index in [1.54, 1.807) is 17.7 Å². The molecule has 1 aromatic heterocycles. The van der Waals surface area contributed by atoms with E-state index in [1.807, 2.05) is 56.3 Å². The second-order valence-corrected chi connectivity index (χ2v) is 6.01. The van der Waals surface area contributed by atoms with Gasteiger partial charge in [0.15, 0.2) is 0 Å². The Balaban J connectivity index is 2.26. The minimum atomic E-state index is -0.295. The van der Waals surface area contributed by atoms with Crippen LogP contribution in [0.15, 0.2) is 58.1 Å². The molecule has 2 aromatic carbocycles. The Morgan fingerprint density at radius 2 is 1.79 bits per heavy atom. The highest BCUT2D eigenvalue weighted by atomic mass is 16.5. The monoisotopic (exact) mass is 324 g/mol. The zero-order valence-corrected chi connectivity index (χ0v) is 14.0. The summed E-state index contributed by atoms with van der Waals surface area (Å²) in [6, 6.07) is 14.6. The molecule has 24 heavy (non-hydrogen) atoms. The highest BCUT2D eigenvalue weighted by Gasteiger charge is 2.15. The normalized spacial score (nSPS) is 11.2. The van der Waals surface area contributed by atoms with Crippen molar-refractivity contribution >= 4 is 10.9 Å². The van der Waals surface area contributed by atoms with Gasteiger partial charge in [-0.05, 0) is 43.7 Å². The van der Waals surface area contributed by atoms with Gasteiger partial charge >= 0.3 is 5.69 Å². The molecule has 0 atom stereocenters. The van der Waals surface area contributed by atoms with Crippen molar-refractivity contribution in [2.24, 2.45) is 0 Å². The summed E-state index contributed by atoms with van der Waals surface area (Å²) in [5.41, 5.74) is 1.05. The van der Waals surface area contributed by atoms with E-state index in [2.05, 4.69) is 0 Å². The Kier molecular flexibility index (Phi) is 4.25. The minimum Gasteiger partial charge on any atom is -0.497 e. The van der Waals surface area contributed by atoms with Crippen LogP contribution < -0.4 is 16.0 Å². The Labute approximate surface area is 139 Å². The van der Waals surface area contributed by atoms with Crippen LogP contribution in [0, 0.1) is 0 Å². The Bertz CT molecular complexity index is 999. The second-order valence-electron chi connectivity index (χ2n) is 6.01. The van der Waals surface area contributed by atoms with Gasteiger partial charge in [-0.15, -0.1) is 0 Å². The van der Waals surface area contributed by atoms with Gasteiger partial charge in [0.05, 0.1) is 24.6 Å². The SMILES string of the molecule is COc1cccc(Cn2c(=O)n(C(C)C)c(=O)c3ccccc32)c1. The van der Waals surface area contributed by atoms with Crippen LogP contribution in [0.25, 0.3) is 10.9 Å². The van der Waals surface area contributed by atoms with Crippen LogP contribution in [0.2, 0.25) is 0 Å². The number of hydrogen-bond acceptors (Lipinski definition) is 3. The molecule has 1 heterocycles. The average molecular weight is 324 g/mol. The van der Waals surface area contributed by atoms with Crippen LogP contribution in [-0.4, -0.2) is 16.2 Å². The van der Waals surface area contributed by atoms with Crippen LogP contribution in [0.1, 0.15) is 25.5 Å². The van der Waals surface area contributed by atoms with Gasteiger partial charge in [0.2, 0.25) is 0 Å². The minimum absolute atomic E-state index is 0.203. The van der Waals surface area contributed by atoms with Crippen LogP contribution in [0.4, 0.5) is 0 Å². The van der Waals surface area contributed by atoms with Crippen molar-refractivity contribution in [3.63, 3.8) is 0 Å². The summed E-state index contributed by atoms with van der Waals surface area (Å²) in [6.07, 6.45) is 0. The maximum Gasteiger partial charge on any atom is 0.332 e. The largest absolute Gasteiger partial charge is 0.497 e. The first-order valence-corrected chi connectivity index (χ1v) is 7.90. The first-order valence-electron chi connectivity index (χ1n) is 7.90. The number of nitrogens with zero attached hydrogens (tertiary/aromatic N) is 2. The van der Waals surface area contributed by atoms with Gasteiger partial charge in [-0.25, -0.2) is 4.79 Å². The molecular formula is C19H20N2O3. The number of para-hydroxylation sites is 1. The van der Waals surface area contributed by atoms with E-state index in [0.29, 0.717) is 17.4 Å². The molecule has 0 spiro atoms. The fourth-order valence-electron chi connectivity index (χ4n) is 2.90. The number of rotatable bonds is 4. The van der Waals surface area contributed by atoms with E-state index in [9.17, 15) is 9.59 Å². The number of hydrogen-bond donors (Lipinski definition) is 0. The van der Waals surface area contributed by atoms with E-state index in [-0.39, 0.29) is 17.3 Å². The predicted molar refractivity (Wildman–Crippen MR) is 94.9 cm³/mol. The number of fused-ring (bicyclic) bond motifs is 1. The molecule has 0 amide bonds. The van der Waals surface area contributed by atoms with Crippen LogP contribution >= 0.6 is 0 Å². The van der Waals surface area contributed by atoms with Crippen molar-refractivity contribution in [2.75, 3.05) is 7.11 Å². The Hall–Kier alpha value is -2.82. The summed E-state index contributed by atoms with van der Waals surface area (Å²) < 4.78 is 8.20. The van der Waals surface area contributed by atoms with Gasteiger partial charge in [-0.2, -0.15) is 0 Å². The molecule has 0 bridgehead atoms. The zero-order valence-electron chi connectivity index (χ0n) is 14.0.